The quantitative estimate of drug-likeness (QED) is 0.337. The summed E-state index contributed by atoms with van der Waals surface area (Å²) in [5, 5.41) is 11.5. The summed E-state index contributed by atoms with van der Waals surface area (Å²) in [6, 6.07) is 28.5. The second kappa shape index (κ2) is 11.3. The SMILES string of the molecule is CC(C)(O)C(c1nc(-c2ccccc2)cn1Cc1ccccc1)N(CCCN)C(=O)c1ccccc1. The van der Waals surface area contributed by atoms with E-state index in [-0.39, 0.29) is 5.91 Å². The highest BCUT2D eigenvalue weighted by Crippen LogP contribution is 2.35. The highest BCUT2D eigenvalue weighted by atomic mass is 16.3. The van der Waals surface area contributed by atoms with Gasteiger partial charge in [0.15, 0.2) is 0 Å². The van der Waals surface area contributed by atoms with Crippen LogP contribution in [0.3, 0.4) is 0 Å². The summed E-state index contributed by atoms with van der Waals surface area (Å²) < 4.78 is 2.05. The molecule has 3 aromatic carbocycles. The van der Waals surface area contributed by atoms with Crippen LogP contribution in [0.2, 0.25) is 0 Å². The zero-order valence-corrected chi connectivity index (χ0v) is 20.9. The topological polar surface area (TPSA) is 84.4 Å². The van der Waals surface area contributed by atoms with Crippen molar-refractivity contribution in [3.8, 4) is 11.3 Å². The number of benzene rings is 3. The number of carbonyl (C=O) groups excluding carboxylic acids is 1. The third-order valence-corrected chi connectivity index (χ3v) is 6.18. The average molecular weight is 483 g/mol. The largest absolute Gasteiger partial charge is 0.388 e. The highest BCUT2D eigenvalue weighted by molar-refractivity contribution is 5.94. The second-order valence-electron chi connectivity index (χ2n) is 9.53. The highest BCUT2D eigenvalue weighted by Gasteiger charge is 2.40. The Hall–Kier alpha value is -3.74. The van der Waals surface area contributed by atoms with Crippen molar-refractivity contribution >= 4 is 5.91 Å². The molecule has 1 atom stereocenters. The first-order chi connectivity index (χ1) is 17.4. The molecule has 1 aromatic heterocycles. The molecule has 6 heteroatoms. The first kappa shape index (κ1) is 25.4. The molecule has 3 N–H and O–H groups in total. The first-order valence-electron chi connectivity index (χ1n) is 12.3. The summed E-state index contributed by atoms with van der Waals surface area (Å²) >= 11 is 0. The van der Waals surface area contributed by atoms with Crippen LogP contribution in [0.15, 0.2) is 97.2 Å². The van der Waals surface area contributed by atoms with Crippen molar-refractivity contribution in [3.63, 3.8) is 0 Å². The van der Waals surface area contributed by atoms with Gasteiger partial charge in [-0.1, -0.05) is 78.9 Å². The molecular formula is C30H34N4O2. The Kier molecular flexibility index (Phi) is 7.98. The van der Waals surface area contributed by atoms with Crippen LogP contribution in [0.4, 0.5) is 0 Å². The Morgan fingerprint density at radius 2 is 1.56 bits per heavy atom. The van der Waals surface area contributed by atoms with Crippen molar-refractivity contribution in [2.75, 3.05) is 13.1 Å². The summed E-state index contributed by atoms with van der Waals surface area (Å²) in [4.78, 5) is 20.5. The molecule has 4 aromatic rings. The van der Waals surface area contributed by atoms with Gasteiger partial charge in [-0.3, -0.25) is 4.79 Å². The van der Waals surface area contributed by atoms with E-state index < -0.39 is 11.6 Å². The summed E-state index contributed by atoms with van der Waals surface area (Å²) in [7, 11) is 0. The molecule has 0 aliphatic heterocycles. The fraction of sp³-hybridized carbons (Fsp3) is 0.267. The zero-order chi connectivity index (χ0) is 25.5. The summed E-state index contributed by atoms with van der Waals surface area (Å²) in [6.07, 6.45) is 2.61. The van der Waals surface area contributed by atoms with Crippen molar-refractivity contribution in [2.45, 2.75) is 38.5 Å². The zero-order valence-electron chi connectivity index (χ0n) is 20.9. The summed E-state index contributed by atoms with van der Waals surface area (Å²) in [6.45, 7) is 4.86. The van der Waals surface area contributed by atoms with Crippen LogP contribution < -0.4 is 5.73 Å². The Bertz CT molecular complexity index is 1250. The van der Waals surface area contributed by atoms with Crippen LogP contribution in [0, 0.1) is 0 Å². The number of amides is 1. The van der Waals surface area contributed by atoms with Crippen LogP contribution in [-0.2, 0) is 6.54 Å². The molecule has 0 radical (unpaired) electrons. The van der Waals surface area contributed by atoms with E-state index in [1.54, 1.807) is 30.9 Å². The third-order valence-electron chi connectivity index (χ3n) is 6.18. The Labute approximate surface area is 213 Å². The maximum absolute atomic E-state index is 13.8. The van der Waals surface area contributed by atoms with Crippen molar-refractivity contribution in [2.24, 2.45) is 5.73 Å². The molecule has 186 valence electrons. The molecule has 6 nitrogen and oxygen atoms in total. The fourth-order valence-electron chi connectivity index (χ4n) is 4.50. The van der Waals surface area contributed by atoms with Gasteiger partial charge in [0.1, 0.15) is 11.9 Å². The maximum atomic E-state index is 13.8. The van der Waals surface area contributed by atoms with Crippen LogP contribution in [0.25, 0.3) is 11.3 Å². The molecule has 0 saturated carbocycles. The van der Waals surface area contributed by atoms with Gasteiger partial charge in [-0.25, -0.2) is 4.98 Å². The number of rotatable bonds is 10. The maximum Gasteiger partial charge on any atom is 0.254 e. The van der Waals surface area contributed by atoms with E-state index in [4.69, 9.17) is 10.7 Å². The molecule has 1 amide bonds. The number of nitrogens with zero attached hydrogens (tertiary/aromatic N) is 3. The smallest absolute Gasteiger partial charge is 0.254 e. The van der Waals surface area contributed by atoms with E-state index in [9.17, 15) is 9.90 Å². The van der Waals surface area contributed by atoms with Crippen molar-refractivity contribution in [3.05, 3.63) is 114 Å². The lowest BCUT2D eigenvalue weighted by Gasteiger charge is -2.39. The summed E-state index contributed by atoms with van der Waals surface area (Å²) in [5.41, 5.74) is 8.02. The standard InChI is InChI=1S/C30H34N4O2/c1-30(2,36)27(34(20-12-19-31)29(35)25-17-10-5-11-18-25)28-32-26(24-15-8-4-9-16-24)22-33(28)21-23-13-6-3-7-14-23/h3-11,13-18,22,27,36H,12,19-21,31H2,1-2H3. The molecule has 0 aliphatic rings. The normalized spacial score (nSPS) is 12.3. The number of carbonyl (C=O) groups is 1. The van der Waals surface area contributed by atoms with Crippen LogP contribution in [0.5, 0.6) is 0 Å². The van der Waals surface area contributed by atoms with Crippen LogP contribution in [-0.4, -0.2) is 44.2 Å². The average Bonchev–Trinajstić information content (AvgIpc) is 3.29. The van der Waals surface area contributed by atoms with Gasteiger partial charge in [0, 0.05) is 30.4 Å². The van der Waals surface area contributed by atoms with Crippen molar-refractivity contribution in [1.82, 2.24) is 14.5 Å². The molecule has 1 unspecified atom stereocenters. The molecule has 0 spiro atoms. The molecule has 36 heavy (non-hydrogen) atoms. The molecule has 0 bridgehead atoms. The van der Waals surface area contributed by atoms with E-state index in [2.05, 4.69) is 12.1 Å². The van der Waals surface area contributed by atoms with E-state index >= 15 is 0 Å². The Morgan fingerprint density at radius 3 is 2.14 bits per heavy atom. The van der Waals surface area contributed by atoms with Gasteiger partial charge in [-0.2, -0.15) is 0 Å². The van der Waals surface area contributed by atoms with E-state index in [0.717, 1.165) is 16.8 Å². The number of nitrogens with two attached hydrogens (primary N) is 1. The minimum Gasteiger partial charge on any atom is -0.388 e. The first-order valence-corrected chi connectivity index (χ1v) is 12.3. The Balaban J connectivity index is 1.86. The van der Waals surface area contributed by atoms with Gasteiger partial charge in [-0.15, -0.1) is 0 Å². The molecule has 4 rings (SSSR count). The predicted molar refractivity (Wildman–Crippen MR) is 143 cm³/mol. The molecule has 0 saturated heterocycles. The molecule has 1 heterocycles. The number of aliphatic hydroxyl groups is 1. The van der Waals surface area contributed by atoms with Gasteiger partial charge in [-0.05, 0) is 44.5 Å². The van der Waals surface area contributed by atoms with Gasteiger partial charge >= 0.3 is 0 Å². The van der Waals surface area contributed by atoms with Crippen molar-refractivity contribution in [1.29, 1.82) is 0 Å². The number of hydrogen-bond donors (Lipinski definition) is 2. The van der Waals surface area contributed by atoms with E-state index in [0.29, 0.717) is 37.4 Å². The third kappa shape index (κ3) is 5.90. The Morgan fingerprint density at radius 1 is 0.972 bits per heavy atom. The lowest BCUT2D eigenvalue weighted by atomic mass is 9.94. The van der Waals surface area contributed by atoms with Crippen LogP contribution in [0.1, 0.15) is 48.1 Å². The van der Waals surface area contributed by atoms with E-state index in [1.165, 1.54) is 0 Å². The van der Waals surface area contributed by atoms with Crippen molar-refractivity contribution < 1.29 is 9.90 Å². The van der Waals surface area contributed by atoms with Gasteiger partial charge in [0.25, 0.3) is 5.91 Å². The lowest BCUT2D eigenvalue weighted by molar-refractivity contribution is -0.0201. The van der Waals surface area contributed by atoms with Gasteiger partial charge in [0.2, 0.25) is 0 Å². The molecular weight excluding hydrogens is 448 g/mol. The van der Waals surface area contributed by atoms with Crippen LogP contribution >= 0.6 is 0 Å². The number of hydrogen-bond acceptors (Lipinski definition) is 4. The van der Waals surface area contributed by atoms with Gasteiger partial charge < -0.3 is 20.3 Å². The molecule has 0 fully saturated rings. The monoisotopic (exact) mass is 482 g/mol. The fourth-order valence-corrected chi connectivity index (χ4v) is 4.50. The summed E-state index contributed by atoms with van der Waals surface area (Å²) in [5.74, 6) is 0.471. The van der Waals surface area contributed by atoms with E-state index in [1.807, 2.05) is 77.5 Å². The molecule has 0 aliphatic carbocycles. The minimum absolute atomic E-state index is 0.160. The predicted octanol–water partition coefficient (Wildman–Crippen LogP) is 4.90. The number of imidazole rings is 1. The minimum atomic E-state index is -1.27. The lowest BCUT2D eigenvalue weighted by Crippen LogP contribution is -2.47. The number of aromatic nitrogens is 2. The second-order valence-corrected chi connectivity index (χ2v) is 9.53. The van der Waals surface area contributed by atoms with Gasteiger partial charge in [0.05, 0.1) is 11.3 Å².